The van der Waals surface area contributed by atoms with E-state index in [-0.39, 0.29) is 6.10 Å². The van der Waals surface area contributed by atoms with Crippen molar-refractivity contribution in [1.29, 1.82) is 5.26 Å². The number of nitriles is 1. The minimum atomic E-state index is -0.0535. The molecule has 4 rings (SSSR count). The highest BCUT2D eigenvalue weighted by Crippen LogP contribution is 2.40. The molecule has 27 heavy (non-hydrogen) atoms. The number of nitrogens with zero attached hydrogens (tertiary/aromatic N) is 2. The van der Waals surface area contributed by atoms with E-state index in [1.54, 1.807) is 12.1 Å². The van der Waals surface area contributed by atoms with Crippen molar-refractivity contribution < 1.29 is 4.74 Å². The number of piperidine rings is 1. The average Bonchev–Trinajstić information content (AvgIpc) is 3.08. The predicted molar refractivity (Wildman–Crippen MR) is 107 cm³/mol. The molecule has 1 aliphatic carbocycles. The number of benzene rings is 2. The lowest BCUT2D eigenvalue weighted by molar-refractivity contribution is 0.0557. The number of nitrogens with one attached hydrogen (secondary N) is 1. The van der Waals surface area contributed by atoms with E-state index in [2.05, 4.69) is 40.6 Å². The van der Waals surface area contributed by atoms with Crippen LogP contribution in [0.1, 0.15) is 35.6 Å². The van der Waals surface area contributed by atoms with Gasteiger partial charge in [-0.2, -0.15) is 5.26 Å². The standard InChI is InChI=1S/C22H24ClN3O/c1-25-17-6-4-10-26(14-17)20-12-16-5-2-3-7-18(16)22(20)27-21-9-8-15(13-24)11-19(21)23/h2-3,5,7-9,11,17,20,22,25H,4,6,10,12,14H2,1H3. The van der Waals surface area contributed by atoms with E-state index in [0.29, 0.717) is 28.4 Å². The van der Waals surface area contributed by atoms with E-state index >= 15 is 0 Å². The van der Waals surface area contributed by atoms with E-state index in [1.807, 2.05) is 13.1 Å². The Morgan fingerprint density at radius 1 is 1.26 bits per heavy atom. The summed E-state index contributed by atoms with van der Waals surface area (Å²) in [5.41, 5.74) is 3.14. The Bertz CT molecular complexity index is 863. The van der Waals surface area contributed by atoms with Gasteiger partial charge in [0.05, 0.1) is 22.7 Å². The SMILES string of the molecule is CNC1CCCN(C2Cc3ccccc3C2Oc2ccc(C#N)cc2Cl)C1. The number of fused-ring (bicyclic) bond motifs is 1. The van der Waals surface area contributed by atoms with Crippen LogP contribution in [0.4, 0.5) is 0 Å². The summed E-state index contributed by atoms with van der Waals surface area (Å²) in [5.74, 6) is 0.643. The molecule has 0 aromatic heterocycles. The molecule has 5 heteroatoms. The summed E-state index contributed by atoms with van der Waals surface area (Å²) >= 11 is 6.39. The fourth-order valence-electron chi connectivity index (χ4n) is 4.35. The van der Waals surface area contributed by atoms with Crippen LogP contribution in [-0.2, 0) is 6.42 Å². The highest BCUT2D eigenvalue weighted by atomic mass is 35.5. The normalized spacial score (nSPS) is 25.0. The van der Waals surface area contributed by atoms with Gasteiger partial charge >= 0.3 is 0 Å². The zero-order valence-corrected chi connectivity index (χ0v) is 16.2. The third kappa shape index (κ3) is 3.68. The molecular weight excluding hydrogens is 358 g/mol. The topological polar surface area (TPSA) is 48.3 Å². The number of likely N-dealkylation sites (tertiary alicyclic amines) is 1. The molecule has 2 aromatic carbocycles. The van der Waals surface area contributed by atoms with Crippen LogP contribution in [0.25, 0.3) is 0 Å². The molecule has 0 spiro atoms. The van der Waals surface area contributed by atoms with Gasteiger partial charge in [-0.05, 0) is 62.2 Å². The van der Waals surface area contributed by atoms with Crippen LogP contribution in [-0.4, -0.2) is 37.1 Å². The Morgan fingerprint density at radius 3 is 2.89 bits per heavy atom. The van der Waals surface area contributed by atoms with Crippen molar-refractivity contribution in [1.82, 2.24) is 10.2 Å². The maximum absolute atomic E-state index is 9.07. The van der Waals surface area contributed by atoms with Crippen LogP contribution in [0.2, 0.25) is 5.02 Å². The third-order valence-electron chi connectivity index (χ3n) is 5.79. The quantitative estimate of drug-likeness (QED) is 0.871. The molecule has 1 saturated heterocycles. The molecule has 4 nitrogen and oxygen atoms in total. The molecule has 0 amide bonds. The molecule has 1 heterocycles. The van der Waals surface area contributed by atoms with Crippen LogP contribution < -0.4 is 10.1 Å². The van der Waals surface area contributed by atoms with Gasteiger partial charge in [0, 0.05) is 12.6 Å². The first-order chi connectivity index (χ1) is 13.2. The van der Waals surface area contributed by atoms with Crippen molar-refractivity contribution in [3.8, 4) is 11.8 Å². The molecule has 1 N–H and O–H groups in total. The zero-order valence-electron chi connectivity index (χ0n) is 15.5. The van der Waals surface area contributed by atoms with Gasteiger partial charge in [-0.1, -0.05) is 35.9 Å². The van der Waals surface area contributed by atoms with Crippen molar-refractivity contribution in [3.05, 3.63) is 64.2 Å². The Kier molecular flexibility index (Phi) is 5.36. The molecule has 3 atom stereocenters. The van der Waals surface area contributed by atoms with E-state index in [4.69, 9.17) is 21.6 Å². The Labute approximate surface area is 165 Å². The number of ether oxygens (including phenoxy) is 1. The summed E-state index contributed by atoms with van der Waals surface area (Å²) in [6.07, 6.45) is 3.36. The van der Waals surface area contributed by atoms with Crippen LogP contribution in [0.15, 0.2) is 42.5 Å². The first-order valence-corrected chi connectivity index (χ1v) is 9.93. The lowest BCUT2D eigenvalue weighted by Gasteiger charge is -2.39. The number of halogens is 1. The highest BCUT2D eigenvalue weighted by Gasteiger charge is 2.39. The molecule has 0 radical (unpaired) electrons. The fraction of sp³-hybridized carbons (Fsp3) is 0.409. The van der Waals surface area contributed by atoms with E-state index < -0.39 is 0 Å². The molecule has 140 valence electrons. The maximum atomic E-state index is 9.07. The van der Waals surface area contributed by atoms with Gasteiger partial charge < -0.3 is 10.1 Å². The monoisotopic (exact) mass is 381 g/mol. The summed E-state index contributed by atoms with van der Waals surface area (Å²) in [6.45, 7) is 2.13. The molecular formula is C22H24ClN3O. The van der Waals surface area contributed by atoms with Crippen LogP contribution in [0.5, 0.6) is 5.75 Å². The summed E-state index contributed by atoms with van der Waals surface area (Å²) < 4.78 is 6.46. The van der Waals surface area contributed by atoms with Crippen LogP contribution in [0, 0.1) is 11.3 Å². The maximum Gasteiger partial charge on any atom is 0.140 e. The van der Waals surface area contributed by atoms with E-state index in [1.165, 1.54) is 24.0 Å². The van der Waals surface area contributed by atoms with Crippen LogP contribution in [0.3, 0.4) is 0 Å². The van der Waals surface area contributed by atoms with Gasteiger partial charge in [-0.3, -0.25) is 4.90 Å². The van der Waals surface area contributed by atoms with Crippen molar-refractivity contribution in [3.63, 3.8) is 0 Å². The van der Waals surface area contributed by atoms with Gasteiger partial charge in [-0.25, -0.2) is 0 Å². The second-order valence-corrected chi connectivity index (χ2v) is 7.80. The van der Waals surface area contributed by atoms with Crippen molar-refractivity contribution >= 4 is 11.6 Å². The van der Waals surface area contributed by atoms with Gasteiger partial charge in [0.15, 0.2) is 0 Å². The predicted octanol–water partition coefficient (Wildman–Crippen LogP) is 3.94. The smallest absolute Gasteiger partial charge is 0.140 e. The van der Waals surface area contributed by atoms with Crippen molar-refractivity contribution in [2.75, 3.05) is 20.1 Å². The number of hydrogen-bond donors (Lipinski definition) is 1. The molecule has 2 aromatic rings. The van der Waals surface area contributed by atoms with Crippen molar-refractivity contribution in [2.24, 2.45) is 0 Å². The zero-order chi connectivity index (χ0) is 18.8. The summed E-state index contributed by atoms with van der Waals surface area (Å²) in [7, 11) is 2.04. The first kappa shape index (κ1) is 18.3. The van der Waals surface area contributed by atoms with E-state index in [9.17, 15) is 0 Å². The second kappa shape index (κ2) is 7.90. The van der Waals surface area contributed by atoms with Crippen LogP contribution >= 0.6 is 11.6 Å². The third-order valence-corrected chi connectivity index (χ3v) is 6.08. The van der Waals surface area contributed by atoms with Gasteiger partial charge in [0.2, 0.25) is 0 Å². The average molecular weight is 382 g/mol. The summed E-state index contributed by atoms with van der Waals surface area (Å²) in [6, 6.07) is 16.7. The minimum absolute atomic E-state index is 0.0535. The number of hydrogen-bond acceptors (Lipinski definition) is 4. The number of rotatable bonds is 4. The molecule has 0 saturated carbocycles. The Balaban J connectivity index is 1.63. The van der Waals surface area contributed by atoms with E-state index in [0.717, 1.165) is 19.5 Å². The van der Waals surface area contributed by atoms with Gasteiger partial charge in [0.25, 0.3) is 0 Å². The molecule has 1 aliphatic heterocycles. The van der Waals surface area contributed by atoms with Gasteiger partial charge in [-0.15, -0.1) is 0 Å². The molecule has 3 unspecified atom stereocenters. The molecule has 1 fully saturated rings. The second-order valence-electron chi connectivity index (χ2n) is 7.39. The fourth-order valence-corrected chi connectivity index (χ4v) is 4.57. The van der Waals surface area contributed by atoms with Crippen molar-refractivity contribution in [2.45, 2.75) is 37.5 Å². The number of likely N-dealkylation sites (N-methyl/N-ethyl adjacent to an activating group) is 1. The Hall–Kier alpha value is -2.06. The first-order valence-electron chi connectivity index (χ1n) is 9.55. The molecule has 2 aliphatic rings. The van der Waals surface area contributed by atoms with Gasteiger partial charge in [0.1, 0.15) is 11.9 Å². The highest BCUT2D eigenvalue weighted by molar-refractivity contribution is 6.32. The Morgan fingerprint density at radius 2 is 2.11 bits per heavy atom. The minimum Gasteiger partial charge on any atom is -0.482 e. The lowest BCUT2D eigenvalue weighted by Crippen LogP contribution is -2.50. The largest absolute Gasteiger partial charge is 0.482 e. The molecule has 0 bridgehead atoms. The lowest BCUT2D eigenvalue weighted by atomic mass is 10.0. The summed E-state index contributed by atoms with van der Waals surface area (Å²) in [4.78, 5) is 2.56. The summed E-state index contributed by atoms with van der Waals surface area (Å²) in [5, 5.41) is 13.0.